The minimum atomic E-state index is -4.31. The summed E-state index contributed by atoms with van der Waals surface area (Å²) < 4.78 is 37.4. The van der Waals surface area contributed by atoms with E-state index in [1.807, 2.05) is 18.2 Å². The molecule has 1 heterocycles. The van der Waals surface area contributed by atoms with Crippen LogP contribution < -0.4 is 3.97 Å². The molecule has 1 aromatic heterocycles. The van der Waals surface area contributed by atoms with Crippen molar-refractivity contribution in [2.75, 3.05) is 0 Å². The standard InChI is InChI=1S/C11H11NO4S/c1-2-11-12(17(13,14)15)8-10(16-11)9-6-4-3-5-7-9/h3-8H,2H2,1H3/p+1. The monoisotopic (exact) mass is 254 g/mol. The lowest BCUT2D eigenvalue weighted by atomic mass is 10.2. The van der Waals surface area contributed by atoms with E-state index in [4.69, 9.17) is 8.97 Å². The van der Waals surface area contributed by atoms with Gasteiger partial charge in [-0.25, -0.2) is 4.55 Å². The second-order valence-electron chi connectivity index (χ2n) is 3.48. The van der Waals surface area contributed by atoms with Gasteiger partial charge in [-0.2, -0.15) is 0 Å². The lowest BCUT2D eigenvalue weighted by Crippen LogP contribution is -2.43. The molecule has 0 bridgehead atoms. The Morgan fingerprint density at radius 2 is 1.94 bits per heavy atom. The topological polar surface area (TPSA) is 71.4 Å². The molecule has 5 nitrogen and oxygen atoms in total. The molecule has 0 aliphatic rings. The van der Waals surface area contributed by atoms with Crippen molar-refractivity contribution in [1.29, 1.82) is 0 Å². The molecule has 2 rings (SSSR count). The summed E-state index contributed by atoms with van der Waals surface area (Å²) in [4.78, 5) is 0. The Labute approximate surface area is 99.2 Å². The maximum absolute atomic E-state index is 11.1. The van der Waals surface area contributed by atoms with E-state index in [1.54, 1.807) is 19.1 Å². The van der Waals surface area contributed by atoms with Crippen LogP contribution in [0.3, 0.4) is 0 Å². The Morgan fingerprint density at radius 1 is 1.29 bits per heavy atom. The zero-order chi connectivity index (χ0) is 12.5. The number of aromatic nitrogens is 1. The largest absolute Gasteiger partial charge is 0.514 e. The fourth-order valence-corrected chi connectivity index (χ4v) is 2.19. The van der Waals surface area contributed by atoms with Crippen LogP contribution in [-0.2, 0) is 16.7 Å². The van der Waals surface area contributed by atoms with Crippen LogP contribution in [0.15, 0.2) is 40.9 Å². The zero-order valence-corrected chi connectivity index (χ0v) is 10.0. The van der Waals surface area contributed by atoms with Gasteiger partial charge in [-0.3, -0.25) is 0 Å². The van der Waals surface area contributed by atoms with Crippen molar-refractivity contribution >= 4 is 10.3 Å². The van der Waals surface area contributed by atoms with Crippen molar-refractivity contribution < 1.29 is 21.4 Å². The van der Waals surface area contributed by atoms with Crippen LogP contribution in [0.5, 0.6) is 0 Å². The minimum absolute atomic E-state index is 0.186. The third kappa shape index (κ3) is 2.37. The fraction of sp³-hybridized carbons (Fsp3) is 0.182. The van der Waals surface area contributed by atoms with Gasteiger partial charge >= 0.3 is 16.2 Å². The van der Waals surface area contributed by atoms with Crippen LogP contribution in [0, 0.1) is 0 Å². The number of benzene rings is 1. The average molecular weight is 254 g/mol. The van der Waals surface area contributed by atoms with Crippen molar-refractivity contribution in [3.05, 3.63) is 42.4 Å². The number of nitrogens with zero attached hydrogens (tertiary/aromatic N) is 1. The molecule has 0 saturated carbocycles. The number of hydrogen-bond acceptors (Lipinski definition) is 3. The predicted octanol–water partition coefficient (Wildman–Crippen LogP) is 1.45. The molecule has 0 aliphatic heterocycles. The summed E-state index contributed by atoms with van der Waals surface area (Å²) >= 11 is 0. The van der Waals surface area contributed by atoms with Gasteiger partial charge in [-0.15, -0.1) is 8.42 Å². The quantitative estimate of drug-likeness (QED) is 0.664. The Hall–Kier alpha value is -1.66. The van der Waals surface area contributed by atoms with Gasteiger partial charge in [-0.05, 0) is 3.97 Å². The molecule has 0 radical (unpaired) electrons. The third-order valence-corrected chi connectivity index (χ3v) is 3.12. The van der Waals surface area contributed by atoms with Crippen molar-refractivity contribution in [3.63, 3.8) is 0 Å². The summed E-state index contributed by atoms with van der Waals surface area (Å²) in [7, 11) is -4.31. The first-order valence-electron chi connectivity index (χ1n) is 5.10. The van der Waals surface area contributed by atoms with E-state index in [0.29, 0.717) is 12.2 Å². The molecular formula is C11H12NO4S+. The van der Waals surface area contributed by atoms with E-state index in [-0.39, 0.29) is 5.89 Å². The highest BCUT2D eigenvalue weighted by Crippen LogP contribution is 2.19. The maximum Gasteiger partial charge on any atom is 0.514 e. The van der Waals surface area contributed by atoms with Gasteiger partial charge in [0.15, 0.2) is 0 Å². The van der Waals surface area contributed by atoms with E-state index in [9.17, 15) is 8.42 Å². The van der Waals surface area contributed by atoms with Crippen LogP contribution in [0.2, 0.25) is 0 Å². The lowest BCUT2D eigenvalue weighted by Gasteiger charge is -1.90. The second-order valence-corrected chi connectivity index (χ2v) is 4.77. The third-order valence-electron chi connectivity index (χ3n) is 2.32. The van der Waals surface area contributed by atoms with Crippen molar-refractivity contribution in [1.82, 2.24) is 0 Å². The second kappa shape index (κ2) is 4.31. The average Bonchev–Trinajstić information content (AvgIpc) is 2.74. The highest BCUT2D eigenvalue weighted by Gasteiger charge is 2.29. The highest BCUT2D eigenvalue weighted by atomic mass is 32.2. The molecule has 0 aliphatic carbocycles. The van der Waals surface area contributed by atoms with E-state index in [0.717, 1.165) is 9.54 Å². The lowest BCUT2D eigenvalue weighted by molar-refractivity contribution is -0.533. The summed E-state index contributed by atoms with van der Waals surface area (Å²) in [6.07, 6.45) is 1.64. The van der Waals surface area contributed by atoms with E-state index in [1.165, 1.54) is 6.20 Å². The van der Waals surface area contributed by atoms with Crippen LogP contribution >= 0.6 is 0 Å². The molecule has 0 spiro atoms. The van der Waals surface area contributed by atoms with Crippen LogP contribution in [0.25, 0.3) is 11.3 Å². The van der Waals surface area contributed by atoms with Crippen molar-refractivity contribution in [3.8, 4) is 11.3 Å². The maximum atomic E-state index is 11.1. The summed E-state index contributed by atoms with van der Waals surface area (Å²) in [5, 5.41) is 0. The minimum Gasteiger partial charge on any atom is -0.400 e. The normalized spacial score (nSPS) is 11.6. The van der Waals surface area contributed by atoms with Gasteiger partial charge in [0.25, 0.3) is 0 Å². The summed E-state index contributed by atoms with van der Waals surface area (Å²) in [6, 6.07) is 9.09. The number of aryl methyl sites for hydroxylation is 1. The highest BCUT2D eigenvalue weighted by molar-refractivity contribution is 7.79. The number of rotatable bonds is 3. The SMILES string of the molecule is CCc1oc(-c2ccccc2)c[n+]1S(=O)(=O)O. The number of oxazole rings is 1. The Bertz CT molecular complexity index is 616. The Balaban J connectivity index is 2.57. The molecule has 0 saturated heterocycles. The summed E-state index contributed by atoms with van der Waals surface area (Å²) in [6.45, 7) is 1.75. The first kappa shape index (κ1) is 11.8. The number of hydrogen-bond donors (Lipinski definition) is 1. The molecule has 0 fully saturated rings. The molecule has 1 N–H and O–H groups in total. The Kier molecular flexibility index (Phi) is 2.99. The Morgan fingerprint density at radius 3 is 2.41 bits per heavy atom. The van der Waals surface area contributed by atoms with Gasteiger partial charge in [0.05, 0.1) is 6.42 Å². The van der Waals surface area contributed by atoms with Gasteiger partial charge in [-0.1, -0.05) is 37.3 Å². The zero-order valence-electron chi connectivity index (χ0n) is 9.20. The van der Waals surface area contributed by atoms with Gasteiger partial charge in [0.1, 0.15) is 0 Å². The van der Waals surface area contributed by atoms with Crippen LogP contribution in [0.4, 0.5) is 0 Å². The molecule has 90 valence electrons. The molecule has 6 heteroatoms. The first-order valence-corrected chi connectivity index (χ1v) is 6.50. The smallest absolute Gasteiger partial charge is 0.400 e. The molecule has 0 amide bonds. The van der Waals surface area contributed by atoms with Gasteiger partial charge < -0.3 is 4.42 Å². The van der Waals surface area contributed by atoms with Gasteiger partial charge in [0, 0.05) is 5.56 Å². The van der Waals surface area contributed by atoms with Crippen molar-refractivity contribution in [2.45, 2.75) is 13.3 Å². The van der Waals surface area contributed by atoms with Crippen molar-refractivity contribution in [2.24, 2.45) is 0 Å². The van der Waals surface area contributed by atoms with E-state index in [2.05, 4.69) is 0 Å². The molecule has 0 unspecified atom stereocenters. The fourth-order valence-electron chi connectivity index (χ4n) is 1.54. The molecule has 2 aromatic rings. The van der Waals surface area contributed by atoms with E-state index < -0.39 is 10.3 Å². The summed E-state index contributed by atoms with van der Waals surface area (Å²) in [5.41, 5.74) is 0.754. The van der Waals surface area contributed by atoms with Gasteiger partial charge in [0.2, 0.25) is 12.0 Å². The van der Waals surface area contributed by atoms with E-state index >= 15 is 0 Å². The molecule has 17 heavy (non-hydrogen) atoms. The van der Waals surface area contributed by atoms with Crippen LogP contribution in [0.1, 0.15) is 12.8 Å². The molecule has 0 atom stereocenters. The molecule has 1 aromatic carbocycles. The predicted molar refractivity (Wildman–Crippen MR) is 60.7 cm³/mol. The molecular weight excluding hydrogens is 242 g/mol. The first-order chi connectivity index (χ1) is 8.02. The van der Waals surface area contributed by atoms with Crippen LogP contribution in [-0.4, -0.2) is 13.0 Å². The summed E-state index contributed by atoms with van der Waals surface area (Å²) in [5.74, 6) is 0.589.